The van der Waals surface area contributed by atoms with Crippen LogP contribution < -0.4 is 10.6 Å². The summed E-state index contributed by atoms with van der Waals surface area (Å²) in [7, 11) is 0. The summed E-state index contributed by atoms with van der Waals surface area (Å²) in [5.41, 5.74) is 5.01. The van der Waals surface area contributed by atoms with Gasteiger partial charge in [0.2, 0.25) is 0 Å². The van der Waals surface area contributed by atoms with Gasteiger partial charge in [0, 0.05) is 15.8 Å². The summed E-state index contributed by atoms with van der Waals surface area (Å²) in [6.45, 7) is 2.13. The van der Waals surface area contributed by atoms with Crippen LogP contribution in [0.25, 0.3) is 10.9 Å². The monoisotopic (exact) mass is 397 g/mol. The number of thiophene rings is 1. The molecule has 3 aromatic rings. The van der Waals surface area contributed by atoms with Crippen LogP contribution in [0.5, 0.6) is 0 Å². The molecule has 0 saturated carbocycles. The lowest BCUT2D eigenvalue weighted by Gasteiger charge is -2.27. The molecule has 0 radical (unpaired) electrons. The van der Waals surface area contributed by atoms with E-state index in [1.165, 1.54) is 22.4 Å². The summed E-state index contributed by atoms with van der Waals surface area (Å²) in [6.07, 6.45) is 5.05. The molecule has 2 N–H and O–H groups in total. The van der Waals surface area contributed by atoms with E-state index in [0.29, 0.717) is 5.15 Å². The summed E-state index contributed by atoms with van der Waals surface area (Å²) in [4.78, 5) is 18.8. The number of benzene rings is 1. The van der Waals surface area contributed by atoms with Crippen molar-refractivity contribution in [1.29, 1.82) is 0 Å². The van der Waals surface area contributed by atoms with E-state index in [-0.39, 0.29) is 12.1 Å². The smallest absolute Gasteiger partial charge is 0.256 e. The number of anilines is 1. The Labute approximate surface area is 167 Å². The van der Waals surface area contributed by atoms with Crippen molar-refractivity contribution >= 4 is 44.7 Å². The van der Waals surface area contributed by atoms with Crippen molar-refractivity contribution in [2.45, 2.75) is 45.2 Å². The van der Waals surface area contributed by atoms with Gasteiger partial charge in [0.25, 0.3) is 5.91 Å². The second kappa shape index (κ2) is 6.50. The molecule has 138 valence electrons. The third-order valence-electron chi connectivity index (χ3n) is 5.53. The van der Waals surface area contributed by atoms with Crippen LogP contribution in [-0.2, 0) is 19.3 Å². The molecular formula is C21H20ClN3OS. The highest BCUT2D eigenvalue weighted by molar-refractivity contribution is 7.16. The van der Waals surface area contributed by atoms with Gasteiger partial charge in [0.15, 0.2) is 0 Å². The summed E-state index contributed by atoms with van der Waals surface area (Å²) in [5.74, 6) is -0.00776. The Kier molecular flexibility index (Phi) is 4.10. The maximum atomic E-state index is 12.9. The largest absolute Gasteiger partial charge is 0.353 e. The highest BCUT2D eigenvalue weighted by Crippen LogP contribution is 2.42. The standard InChI is InChI=1S/C21H20ClN3OS/c1-2-11-7-8-15-12(9-11)10-14(18(22)23-15)19-24-20(26)17-13-5-3-4-6-16(13)27-21(17)25-19/h7-10,19,25H,2-6H2,1H3,(H,24,26). The number of hydrogen-bond donors (Lipinski definition) is 2. The van der Waals surface area contributed by atoms with Crippen LogP contribution in [0.2, 0.25) is 5.15 Å². The van der Waals surface area contributed by atoms with Crippen LogP contribution in [-0.4, -0.2) is 10.9 Å². The molecule has 0 bridgehead atoms. The molecule has 1 aliphatic carbocycles. The minimum atomic E-state index is -0.361. The Morgan fingerprint density at radius 1 is 1.22 bits per heavy atom. The Bertz CT molecular complexity index is 1070. The number of aryl methyl sites for hydroxylation is 2. The minimum absolute atomic E-state index is 0.00776. The fourth-order valence-corrected chi connectivity index (χ4v) is 5.64. The predicted molar refractivity (Wildman–Crippen MR) is 111 cm³/mol. The molecule has 0 spiro atoms. The van der Waals surface area contributed by atoms with Gasteiger partial charge in [-0.25, -0.2) is 4.98 Å². The predicted octanol–water partition coefficient (Wildman–Crippen LogP) is 5.25. The first-order valence-corrected chi connectivity index (χ1v) is 10.6. The third-order valence-corrected chi connectivity index (χ3v) is 7.05. The molecule has 27 heavy (non-hydrogen) atoms. The number of hydrogen-bond acceptors (Lipinski definition) is 4. The molecular weight excluding hydrogens is 378 g/mol. The zero-order valence-electron chi connectivity index (χ0n) is 15.1. The van der Waals surface area contributed by atoms with Crippen molar-refractivity contribution < 1.29 is 4.79 Å². The molecule has 1 amide bonds. The van der Waals surface area contributed by atoms with Gasteiger partial charge < -0.3 is 10.6 Å². The fourth-order valence-electron chi connectivity index (χ4n) is 4.07. The van der Waals surface area contributed by atoms with Crippen molar-refractivity contribution in [2.75, 3.05) is 5.32 Å². The minimum Gasteiger partial charge on any atom is -0.353 e. The van der Waals surface area contributed by atoms with E-state index in [9.17, 15) is 4.79 Å². The third kappa shape index (κ3) is 2.80. The number of fused-ring (bicyclic) bond motifs is 4. The summed E-state index contributed by atoms with van der Waals surface area (Å²) in [5, 5.41) is 9.02. The summed E-state index contributed by atoms with van der Waals surface area (Å²) in [6, 6.07) is 8.26. The Morgan fingerprint density at radius 3 is 2.93 bits per heavy atom. The fraction of sp³-hybridized carbons (Fsp3) is 0.333. The van der Waals surface area contributed by atoms with Crippen LogP contribution in [0.15, 0.2) is 24.3 Å². The van der Waals surface area contributed by atoms with Gasteiger partial charge in [0.1, 0.15) is 16.3 Å². The van der Waals surface area contributed by atoms with Gasteiger partial charge in [0.05, 0.1) is 11.1 Å². The lowest BCUT2D eigenvalue weighted by atomic mass is 9.94. The SMILES string of the molecule is CCc1ccc2nc(Cl)c(C3NC(=O)c4c(sc5c4CCCC5)N3)cc2c1. The normalized spacial score (nSPS) is 18.6. The molecule has 5 rings (SSSR count). The van der Waals surface area contributed by atoms with Crippen LogP contribution >= 0.6 is 22.9 Å². The molecule has 3 heterocycles. The topological polar surface area (TPSA) is 54.0 Å². The molecule has 4 nitrogen and oxygen atoms in total. The Balaban J connectivity index is 1.56. The lowest BCUT2D eigenvalue weighted by Crippen LogP contribution is -2.38. The first kappa shape index (κ1) is 17.0. The number of aromatic nitrogens is 1. The van der Waals surface area contributed by atoms with Gasteiger partial charge >= 0.3 is 0 Å². The number of amides is 1. The van der Waals surface area contributed by atoms with Crippen LogP contribution in [0.3, 0.4) is 0 Å². The number of carbonyl (C=O) groups is 1. The van der Waals surface area contributed by atoms with Crippen molar-refractivity contribution in [3.63, 3.8) is 0 Å². The number of pyridine rings is 1. The van der Waals surface area contributed by atoms with Crippen LogP contribution in [0.1, 0.15) is 57.9 Å². The Hall–Kier alpha value is -2.11. The molecule has 1 atom stereocenters. The van der Waals surface area contributed by atoms with Gasteiger partial charge in [-0.3, -0.25) is 4.79 Å². The summed E-state index contributed by atoms with van der Waals surface area (Å²) < 4.78 is 0. The van der Waals surface area contributed by atoms with Crippen LogP contribution in [0, 0.1) is 0 Å². The number of nitrogens with zero attached hydrogens (tertiary/aromatic N) is 1. The maximum Gasteiger partial charge on any atom is 0.256 e. The van der Waals surface area contributed by atoms with Gasteiger partial charge in [-0.2, -0.15) is 0 Å². The number of nitrogens with one attached hydrogen (secondary N) is 2. The van der Waals surface area contributed by atoms with E-state index in [0.717, 1.165) is 52.7 Å². The van der Waals surface area contributed by atoms with Crippen LogP contribution in [0.4, 0.5) is 5.00 Å². The van der Waals surface area contributed by atoms with Crippen molar-refractivity contribution in [3.8, 4) is 0 Å². The molecule has 6 heteroatoms. The van der Waals surface area contributed by atoms with Gasteiger partial charge in [-0.1, -0.05) is 24.6 Å². The average Bonchev–Trinajstić information content (AvgIpc) is 3.06. The van der Waals surface area contributed by atoms with Crippen molar-refractivity contribution in [3.05, 3.63) is 56.5 Å². The van der Waals surface area contributed by atoms with E-state index >= 15 is 0 Å². The summed E-state index contributed by atoms with van der Waals surface area (Å²) >= 11 is 8.21. The average molecular weight is 398 g/mol. The number of halogens is 1. The molecule has 1 aromatic carbocycles. The molecule has 0 fully saturated rings. The molecule has 0 saturated heterocycles. The second-order valence-electron chi connectivity index (χ2n) is 7.21. The molecule has 2 aliphatic rings. The first-order chi connectivity index (χ1) is 13.1. The molecule has 2 aromatic heterocycles. The first-order valence-electron chi connectivity index (χ1n) is 9.45. The second-order valence-corrected chi connectivity index (χ2v) is 8.68. The van der Waals surface area contributed by atoms with Crippen molar-refractivity contribution in [1.82, 2.24) is 10.3 Å². The zero-order chi connectivity index (χ0) is 18.5. The van der Waals surface area contributed by atoms with Crippen molar-refractivity contribution in [2.24, 2.45) is 0 Å². The van der Waals surface area contributed by atoms with E-state index in [4.69, 9.17) is 11.6 Å². The van der Waals surface area contributed by atoms with E-state index in [1.807, 2.05) is 12.1 Å². The van der Waals surface area contributed by atoms with E-state index in [1.54, 1.807) is 11.3 Å². The number of carbonyl (C=O) groups excluding carboxylic acids is 1. The van der Waals surface area contributed by atoms with Gasteiger partial charge in [-0.05, 0) is 61.4 Å². The van der Waals surface area contributed by atoms with E-state index in [2.05, 4.69) is 34.7 Å². The highest BCUT2D eigenvalue weighted by Gasteiger charge is 2.33. The molecule has 1 unspecified atom stereocenters. The highest BCUT2D eigenvalue weighted by atomic mass is 35.5. The number of rotatable bonds is 2. The quantitative estimate of drug-likeness (QED) is 0.581. The van der Waals surface area contributed by atoms with Gasteiger partial charge in [-0.15, -0.1) is 11.3 Å². The molecule has 1 aliphatic heterocycles. The maximum absolute atomic E-state index is 12.9. The lowest BCUT2D eigenvalue weighted by molar-refractivity contribution is 0.0935. The Morgan fingerprint density at radius 2 is 2.07 bits per heavy atom. The zero-order valence-corrected chi connectivity index (χ0v) is 16.6. The van der Waals surface area contributed by atoms with E-state index < -0.39 is 0 Å².